The van der Waals surface area contributed by atoms with Crippen LogP contribution in [0.1, 0.15) is 11.1 Å². The van der Waals surface area contributed by atoms with E-state index in [9.17, 15) is 0 Å². The molecule has 0 saturated heterocycles. The van der Waals surface area contributed by atoms with Crippen molar-refractivity contribution in [1.29, 1.82) is 0 Å². The Hall–Kier alpha value is -1.28. The molecule has 1 N–H and O–H groups in total. The monoisotopic (exact) mass is 274 g/mol. The zero-order chi connectivity index (χ0) is 11.5. The lowest BCUT2D eigenvalue weighted by Crippen LogP contribution is -1.91. The molecule has 1 nitrogen and oxygen atoms in total. The molecule has 0 saturated carbocycles. The molecule has 2 aromatic rings. The second-order valence-corrected chi connectivity index (χ2v) is 4.52. The summed E-state index contributed by atoms with van der Waals surface area (Å²) in [6.07, 6.45) is 7.39. The highest BCUT2D eigenvalue weighted by molar-refractivity contribution is 9.10. The summed E-state index contributed by atoms with van der Waals surface area (Å²) in [6.45, 7) is 7.57. The molecule has 1 aromatic heterocycles. The molecule has 0 unspecified atom stereocenters. The molecule has 0 aliphatic rings. The fourth-order valence-corrected chi connectivity index (χ4v) is 2.54. The number of benzene rings is 1. The summed E-state index contributed by atoms with van der Waals surface area (Å²) in [5.74, 6) is 0. The molecular formula is C14H13BrN. The maximum atomic E-state index is 3.79. The van der Waals surface area contributed by atoms with Gasteiger partial charge in [0.25, 0.3) is 0 Å². The van der Waals surface area contributed by atoms with Crippen LogP contribution in [0.3, 0.4) is 0 Å². The molecule has 0 atom stereocenters. The van der Waals surface area contributed by atoms with Gasteiger partial charge in [0, 0.05) is 27.6 Å². The summed E-state index contributed by atoms with van der Waals surface area (Å²) in [5, 5.41) is 1.14. The second kappa shape index (κ2) is 4.71. The molecule has 1 radical (unpaired) electrons. The van der Waals surface area contributed by atoms with Gasteiger partial charge in [0.05, 0.1) is 0 Å². The minimum atomic E-state index is 0.847. The molecule has 0 aliphatic heterocycles. The molecule has 2 heteroatoms. The Kier molecular flexibility index (Phi) is 3.30. The van der Waals surface area contributed by atoms with Crippen LogP contribution in [-0.4, -0.2) is 4.98 Å². The molecule has 81 valence electrons. The van der Waals surface area contributed by atoms with Gasteiger partial charge in [-0.2, -0.15) is 0 Å². The van der Waals surface area contributed by atoms with E-state index in [0.717, 1.165) is 28.2 Å². The Morgan fingerprint density at radius 3 is 2.75 bits per heavy atom. The standard InChI is InChI=1S/C14H13BrN/c1-3-5-10-9-13(15)11(6-4-2)12-7-8-16-14(10)12/h3-4,8-9,16H,1-2,5-6H2. The van der Waals surface area contributed by atoms with Crippen LogP contribution in [0.4, 0.5) is 0 Å². The first-order valence-electron chi connectivity index (χ1n) is 5.18. The van der Waals surface area contributed by atoms with E-state index in [-0.39, 0.29) is 0 Å². The number of allylic oxidation sites excluding steroid dienone is 2. The highest BCUT2D eigenvalue weighted by atomic mass is 79.9. The first-order valence-corrected chi connectivity index (χ1v) is 5.98. The fourth-order valence-electron chi connectivity index (χ4n) is 1.91. The molecule has 0 aliphatic carbocycles. The van der Waals surface area contributed by atoms with E-state index >= 15 is 0 Å². The first-order chi connectivity index (χ1) is 7.77. The summed E-state index contributed by atoms with van der Waals surface area (Å²) >= 11 is 3.61. The van der Waals surface area contributed by atoms with Gasteiger partial charge >= 0.3 is 0 Å². The van der Waals surface area contributed by atoms with Crippen LogP contribution in [0.5, 0.6) is 0 Å². The van der Waals surface area contributed by atoms with Gasteiger partial charge in [0.2, 0.25) is 0 Å². The quantitative estimate of drug-likeness (QED) is 0.805. The molecule has 0 spiro atoms. The van der Waals surface area contributed by atoms with Crippen molar-refractivity contribution in [1.82, 2.24) is 4.98 Å². The van der Waals surface area contributed by atoms with Crippen LogP contribution < -0.4 is 0 Å². The third-order valence-corrected chi connectivity index (χ3v) is 3.32. The van der Waals surface area contributed by atoms with Crippen LogP contribution in [-0.2, 0) is 12.8 Å². The average molecular weight is 275 g/mol. The van der Waals surface area contributed by atoms with Crippen molar-refractivity contribution in [3.05, 3.63) is 59.2 Å². The lowest BCUT2D eigenvalue weighted by molar-refractivity contribution is 1.23. The number of nitrogens with one attached hydrogen (secondary N) is 1. The summed E-state index contributed by atoms with van der Waals surface area (Å²) in [6, 6.07) is 5.39. The molecule has 0 fully saturated rings. The van der Waals surface area contributed by atoms with Gasteiger partial charge < -0.3 is 4.98 Å². The Morgan fingerprint density at radius 2 is 2.06 bits per heavy atom. The van der Waals surface area contributed by atoms with Crippen LogP contribution >= 0.6 is 15.9 Å². The Balaban J connectivity index is 2.69. The van der Waals surface area contributed by atoms with E-state index in [1.165, 1.54) is 11.1 Å². The van der Waals surface area contributed by atoms with E-state index in [1.807, 2.05) is 18.3 Å². The van der Waals surface area contributed by atoms with Gasteiger partial charge in [0.15, 0.2) is 0 Å². The van der Waals surface area contributed by atoms with Crippen molar-refractivity contribution < 1.29 is 0 Å². The summed E-state index contributed by atoms with van der Waals surface area (Å²) in [4.78, 5) is 3.24. The normalized spacial score (nSPS) is 10.6. The number of hydrogen-bond acceptors (Lipinski definition) is 0. The number of aromatic amines is 1. The van der Waals surface area contributed by atoms with Crippen molar-refractivity contribution >= 4 is 26.8 Å². The van der Waals surface area contributed by atoms with Crippen molar-refractivity contribution in [2.45, 2.75) is 12.8 Å². The number of hydrogen-bond donors (Lipinski definition) is 1. The minimum absolute atomic E-state index is 0.847. The number of H-pyrrole nitrogens is 1. The molecule has 0 amide bonds. The van der Waals surface area contributed by atoms with Gasteiger partial charge in [-0.15, -0.1) is 13.2 Å². The van der Waals surface area contributed by atoms with Crippen LogP contribution in [0.2, 0.25) is 0 Å². The fraction of sp³-hybridized carbons (Fsp3) is 0.143. The van der Waals surface area contributed by atoms with E-state index in [0.29, 0.717) is 0 Å². The van der Waals surface area contributed by atoms with E-state index < -0.39 is 0 Å². The summed E-state index contributed by atoms with van der Waals surface area (Å²) in [7, 11) is 0. The number of aromatic nitrogens is 1. The van der Waals surface area contributed by atoms with E-state index in [4.69, 9.17) is 0 Å². The summed E-state index contributed by atoms with van der Waals surface area (Å²) in [5.41, 5.74) is 3.63. The summed E-state index contributed by atoms with van der Waals surface area (Å²) < 4.78 is 1.12. The Bertz CT molecular complexity index is 537. The molecule has 1 aromatic carbocycles. The maximum Gasteiger partial charge on any atom is 0.0499 e. The topological polar surface area (TPSA) is 15.8 Å². The van der Waals surface area contributed by atoms with Crippen molar-refractivity contribution in [3.8, 4) is 0 Å². The van der Waals surface area contributed by atoms with Crippen molar-refractivity contribution in [2.24, 2.45) is 0 Å². The third-order valence-electron chi connectivity index (χ3n) is 2.61. The molecular weight excluding hydrogens is 262 g/mol. The van der Waals surface area contributed by atoms with Crippen LogP contribution in [0, 0.1) is 6.07 Å². The molecule has 2 rings (SSSR count). The molecule has 16 heavy (non-hydrogen) atoms. The van der Waals surface area contributed by atoms with Crippen molar-refractivity contribution in [3.63, 3.8) is 0 Å². The average Bonchev–Trinajstić information content (AvgIpc) is 2.73. The van der Waals surface area contributed by atoms with E-state index in [1.54, 1.807) is 0 Å². The van der Waals surface area contributed by atoms with Crippen LogP contribution in [0.25, 0.3) is 10.9 Å². The van der Waals surface area contributed by atoms with E-state index in [2.05, 4.69) is 46.2 Å². The molecule has 1 heterocycles. The Morgan fingerprint density at radius 1 is 1.31 bits per heavy atom. The SMILES string of the molecule is C=CCc1c(Br)cc(CC=C)c2[nH]c[c]c12. The third kappa shape index (κ3) is 1.85. The highest BCUT2D eigenvalue weighted by Gasteiger charge is 2.09. The maximum absolute atomic E-state index is 3.79. The number of fused-ring (bicyclic) bond motifs is 1. The lowest BCUT2D eigenvalue weighted by atomic mass is 10.0. The largest absolute Gasteiger partial charge is 0.360 e. The Labute approximate surface area is 104 Å². The zero-order valence-electron chi connectivity index (χ0n) is 9.02. The minimum Gasteiger partial charge on any atom is -0.360 e. The highest BCUT2D eigenvalue weighted by Crippen LogP contribution is 2.30. The predicted octanol–water partition coefficient (Wildman–Crippen LogP) is 4.19. The molecule has 0 bridgehead atoms. The van der Waals surface area contributed by atoms with Gasteiger partial charge in [-0.05, 0) is 30.0 Å². The van der Waals surface area contributed by atoms with Crippen LogP contribution in [0.15, 0.2) is 42.0 Å². The number of halogens is 1. The lowest BCUT2D eigenvalue weighted by Gasteiger charge is -2.08. The van der Waals surface area contributed by atoms with Gasteiger partial charge in [0.1, 0.15) is 0 Å². The first kappa shape index (κ1) is 11.2. The number of rotatable bonds is 4. The second-order valence-electron chi connectivity index (χ2n) is 3.66. The van der Waals surface area contributed by atoms with Crippen molar-refractivity contribution in [2.75, 3.05) is 0 Å². The smallest absolute Gasteiger partial charge is 0.0499 e. The zero-order valence-corrected chi connectivity index (χ0v) is 10.6. The van der Waals surface area contributed by atoms with Gasteiger partial charge in [-0.1, -0.05) is 28.1 Å². The van der Waals surface area contributed by atoms with Gasteiger partial charge in [-0.3, -0.25) is 0 Å². The predicted molar refractivity (Wildman–Crippen MR) is 72.6 cm³/mol. The van der Waals surface area contributed by atoms with Gasteiger partial charge in [-0.25, -0.2) is 0 Å².